The number of hydrogen-bond acceptors (Lipinski definition) is 2. The molecule has 0 heterocycles. The smallest absolute Gasteiger partial charge is 0.405 e. The maximum absolute atomic E-state index is 10.3. The van der Waals surface area contributed by atoms with Gasteiger partial charge in [0.1, 0.15) is 6.29 Å². The zero-order valence-corrected chi connectivity index (χ0v) is 6.70. The summed E-state index contributed by atoms with van der Waals surface area (Å²) in [6, 6.07) is -0.572. The van der Waals surface area contributed by atoms with Gasteiger partial charge in [-0.1, -0.05) is 20.3 Å². The lowest BCUT2D eigenvalue weighted by molar-refractivity contribution is -0.110. The molecule has 0 aromatic rings. The van der Waals surface area contributed by atoms with Gasteiger partial charge in [0.05, 0.1) is 6.04 Å². The fraction of sp³-hybridized carbons (Fsp3) is 0.714. The van der Waals surface area contributed by atoms with Crippen molar-refractivity contribution in [2.75, 3.05) is 0 Å². The molecule has 2 N–H and O–H groups in total. The van der Waals surface area contributed by atoms with E-state index in [1.165, 1.54) is 0 Å². The molecule has 0 fully saturated rings. The van der Waals surface area contributed by atoms with Crippen molar-refractivity contribution in [2.24, 2.45) is 5.92 Å². The molecule has 0 bridgehead atoms. The first-order valence-corrected chi connectivity index (χ1v) is 3.56. The number of aldehydes is 1. The van der Waals surface area contributed by atoms with Gasteiger partial charge in [0, 0.05) is 0 Å². The summed E-state index contributed by atoms with van der Waals surface area (Å²) in [5.74, 6) is 0.0589. The van der Waals surface area contributed by atoms with E-state index in [0.717, 1.165) is 6.42 Å². The molecule has 0 radical (unpaired) electrons. The van der Waals surface area contributed by atoms with E-state index in [1.54, 1.807) is 0 Å². The SMILES string of the molecule is CCC(C)C(C=O)NC(=O)O. The molecular weight excluding hydrogens is 146 g/mol. The molecule has 1 amide bonds. The van der Waals surface area contributed by atoms with Crippen molar-refractivity contribution in [3.05, 3.63) is 0 Å². The quantitative estimate of drug-likeness (QED) is 0.598. The summed E-state index contributed by atoms with van der Waals surface area (Å²) in [5.41, 5.74) is 0. The van der Waals surface area contributed by atoms with E-state index in [4.69, 9.17) is 5.11 Å². The Kier molecular flexibility index (Phi) is 4.26. The van der Waals surface area contributed by atoms with Gasteiger partial charge in [0.15, 0.2) is 0 Å². The Labute approximate surface area is 65.6 Å². The van der Waals surface area contributed by atoms with Crippen molar-refractivity contribution >= 4 is 12.4 Å². The van der Waals surface area contributed by atoms with E-state index in [-0.39, 0.29) is 5.92 Å². The van der Waals surface area contributed by atoms with E-state index in [9.17, 15) is 9.59 Å². The summed E-state index contributed by atoms with van der Waals surface area (Å²) >= 11 is 0. The van der Waals surface area contributed by atoms with Crippen LogP contribution in [0.2, 0.25) is 0 Å². The third-order valence-corrected chi connectivity index (χ3v) is 1.69. The number of hydrogen-bond donors (Lipinski definition) is 2. The lowest BCUT2D eigenvalue weighted by Crippen LogP contribution is -2.39. The Balaban J connectivity index is 3.94. The van der Waals surface area contributed by atoms with Crippen LogP contribution in [0.4, 0.5) is 4.79 Å². The molecule has 0 aromatic carbocycles. The molecule has 11 heavy (non-hydrogen) atoms. The zero-order valence-electron chi connectivity index (χ0n) is 6.70. The van der Waals surface area contributed by atoms with E-state index in [1.807, 2.05) is 13.8 Å². The second kappa shape index (κ2) is 4.71. The largest absolute Gasteiger partial charge is 0.465 e. The summed E-state index contributed by atoms with van der Waals surface area (Å²) in [4.78, 5) is 20.4. The fourth-order valence-corrected chi connectivity index (χ4v) is 0.707. The number of nitrogens with one attached hydrogen (secondary N) is 1. The van der Waals surface area contributed by atoms with Crippen LogP contribution < -0.4 is 5.32 Å². The molecule has 4 nitrogen and oxygen atoms in total. The Morgan fingerprint density at radius 1 is 1.73 bits per heavy atom. The average molecular weight is 159 g/mol. The Morgan fingerprint density at radius 3 is 2.55 bits per heavy atom. The fourth-order valence-electron chi connectivity index (χ4n) is 0.707. The average Bonchev–Trinajstić information content (AvgIpc) is 1.98. The topological polar surface area (TPSA) is 66.4 Å². The highest BCUT2D eigenvalue weighted by molar-refractivity contribution is 5.71. The van der Waals surface area contributed by atoms with Crippen molar-refractivity contribution in [3.8, 4) is 0 Å². The van der Waals surface area contributed by atoms with Crippen LogP contribution in [0, 0.1) is 5.92 Å². The van der Waals surface area contributed by atoms with Gasteiger partial charge in [-0.3, -0.25) is 0 Å². The van der Waals surface area contributed by atoms with Crippen molar-refractivity contribution in [3.63, 3.8) is 0 Å². The molecule has 0 saturated heterocycles. The van der Waals surface area contributed by atoms with Crippen LogP contribution in [-0.2, 0) is 4.79 Å². The number of amides is 1. The lowest BCUT2D eigenvalue weighted by atomic mass is 10.0. The first-order valence-electron chi connectivity index (χ1n) is 3.56. The molecule has 0 aliphatic heterocycles. The van der Waals surface area contributed by atoms with Crippen molar-refractivity contribution < 1.29 is 14.7 Å². The second-order valence-corrected chi connectivity index (χ2v) is 2.50. The van der Waals surface area contributed by atoms with Gasteiger partial charge >= 0.3 is 6.09 Å². The van der Waals surface area contributed by atoms with E-state index < -0.39 is 12.1 Å². The Bertz CT molecular complexity index is 147. The Morgan fingerprint density at radius 2 is 2.27 bits per heavy atom. The zero-order chi connectivity index (χ0) is 8.85. The van der Waals surface area contributed by atoms with Crippen LogP contribution in [0.1, 0.15) is 20.3 Å². The first kappa shape index (κ1) is 9.94. The number of carbonyl (C=O) groups excluding carboxylic acids is 1. The minimum absolute atomic E-state index is 0.0589. The van der Waals surface area contributed by atoms with Crippen molar-refractivity contribution in [2.45, 2.75) is 26.3 Å². The summed E-state index contributed by atoms with van der Waals surface area (Å²) in [7, 11) is 0. The molecule has 0 aromatic heterocycles. The molecule has 0 spiro atoms. The van der Waals surface area contributed by atoms with Crippen molar-refractivity contribution in [1.29, 1.82) is 0 Å². The summed E-state index contributed by atoms with van der Waals surface area (Å²) in [5, 5.41) is 10.4. The van der Waals surface area contributed by atoms with Gasteiger partial charge in [-0.2, -0.15) is 0 Å². The van der Waals surface area contributed by atoms with Crippen LogP contribution in [0.15, 0.2) is 0 Å². The molecule has 0 saturated carbocycles. The number of carboxylic acid groups (broad SMARTS) is 1. The van der Waals surface area contributed by atoms with E-state index in [0.29, 0.717) is 6.29 Å². The molecule has 4 heteroatoms. The van der Waals surface area contributed by atoms with E-state index in [2.05, 4.69) is 5.32 Å². The standard InChI is InChI=1S/C7H13NO3/c1-3-5(2)6(4-9)8-7(10)11/h4-6,8H,3H2,1-2H3,(H,10,11). The normalized spacial score (nSPS) is 15.1. The van der Waals surface area contributed by atoms with Gasteiger partial charge in [-0.15, -0.1) is 0 Å². The maximum atomic E-state index is 10.3. The molecule has 64 valence electrons. The monoisotopic (exact) mass is 159 g/mol. The summed E-state index contributed by atoms with van der Waals surface area (Å²) in [6.45, 7) is 3.74. The van der Waals surface area contributed by atoms with Crippen LogP contribution in [0.25, 0.3) is 0 Å². The minimum atomic E-state index is -1.15. The molecular formula is C7H13NO3. The Hall–Kier alpha value is -1.06. The van der Waals surface area contributed by atoms with Gasteiger partial charge in [0.2, 0.25) is 0 Å². The van der Waals surface area contributed by atoms with Crippen molar-refractivity contribution in [1.82, 2.24) is 5.32 Å². The first-order chi connectivity index (χ1) is 5.11. The van der Waals surface area contributed by atoms with Gasteiger partial charge in [0.25, 0.3) is 0 Å². The minimum Gasteiger partial charge on any atom is -0.465 e. The third-order valence-electron chi connectivity index (χ3n) is 1.69. The van der Waals surface area contributed by atoms with Crippen LogP contribution >= 0.6 is 0 Å². The molecule has 0 aliphatic rings. The summed E-state index contributed by atoms with van der Waals surface area (Å²) < 4.78 is 0. The molecule has 0 aliphatic carbocycles. The second-order valence-electron chi connectivity index (χ2n) is 2.50. The van der Waals surface area contributed by atoms with Crippen LogP contribution in [0.3, 0.4) is 0 Å². The molecule has 2 atom stereocenters. The highest BCUT2D eigenvalue weighted by Crippen LogP contribution is 2.04. The molecule has 2 unspecified atom stereocenters. The highest BCUT2D eigenvalue weighted by Gasteiger charge is 2.15. The number of carbonyl (C=O) groups is 2. The third kappa shape index (κ3) is 3.60. The van der Waals surface area contributed by atoms with E-state index >= 15 is 0 Å². The van der Waals surface area contributed by atoms with Gasteiger partial charge < -0.3 is 15.2 Å². The predicted octanol–water partition coefficient (Wildman–Crippen LogP) is 0.868. The van der Waals surface area contributed by atoms with Crippen LogP contribution in [0.5, 0.6) is 0 Å². The summed E-state index contributed by atoms with van der Waals surface area (Å²) in [6.07, 6.45) is 0.258. The maximum Gasteiger partial charge on any atom is 0.405 e. The van der Waals surface area contributed by atoms with Gasteiger partial charge in [-0.05, 0) is 5.92 Å². The highest BCUT2D eigenvalue weighted by atomic mass is 16.4. The predicted molar refractivity (Wildman–Crippen MR) is 40.5 cm³/mol. The molecule has 0 rings (SSSR count). The lowest BCUT2D eigenvalue weighted by Gasteiger charge is -2.15. The van der Waals surface area contributed by atoms with Gasteiger partial charge in [-0.25, -0.2) is 4.79 Å². The van der Waals surface area contributed by atoms with Crippen LogP contribution in [-0.4, -0.2) is 23.5 Å². The number of rotatable bonds is 4.